The van der Waals surface area contributed by atoms with Crippen molar-refractivity contribution in [2.45, 2.75) is 201 Å². The summed E-state index contributed by atoms with van der Waals surface area (Å²) < 4.78 is 44.7. The van der Waals surface area contributed by atoms with E-state index in [4.69, 9.17) is 37.9 Å². The zero-order valence-corrected chi connectivity index (χ0v) is 55.0. The van der Waals surface area contributed by atoms with Crippen molar-refractivity contribution in [2.24, 2.45) is 0 Å². The van der Waals surface area contributed by atoms with Crippen molar-refractivity contribution in [3.63, 3.8) is 0 Å². The Morgan fingerprint density at radius 2 is 0.470 bits per heavy atom. The van der Waals surface area contributed by atoms with Crippen LogP contribution in [0.25, 0.3) is 0 Å². The zero-order valence-electron chi connectivity index (χ0n) is 50.9. The van der Waals surface area contributed by atoms with Crippen LogP contribution in [0.2, 0.25) is 0 Å². The van der Waals surface area contributed by atoms with Gasteiger partial charge in [-0.05, 0) is 79.6 Å². The van der Waals surface area contributed by atoms with E-state index in [1.54, 1.807) is 11.8 Å². The van der Waals surface area contributed by atoms with Gasteiger partial charge in [0.2, 0.25) is 0 Å². The Hall–Kier alpha value is -2.57. The predicted octanol–water partition coefficient (Wildman–Crippen LogP) is 10.5. The van der Waals surface area contributed by atoms with Crippen LogP contribution in [0, 0.1) is 0 Å². The number of esters is 8. The lowest BCUT2D eigenvalue weighted by molar-refractivity contribution is -0.150. The zero-order chi connectivity index (χ0) is 60.4. The van der Waals surface area contributed by atoms with Gasteiger partial charge in [0.25, 0.3) is 0 Å². The second kappa shape index (κ2) is 52.5. The van der Waals surface area contributed by atoms with Crippen LogP contribution >= 0.6 is 58.8 Å². The van der Waals surface area contributed by atoms with Gasteiger partial charge in [-0.2, -0.15) is 11.8 Å². The summed E-state index contributed by atoms with van der Waals surface area (Å²) in [5.41, 5.74) is 0. The van der Waals surface area contributed by atoms with Crippen LogP contribution in [0.5, 0.6) is 0 Å². The standard InChI is InChI=1S/C60H104N2O16S5/c1-61(2)29-39-80-49-46-54(64)72-32-23-15-8-10-18-27-37-77-59(69)51(48-56(66)74-34-24-16-7-9-17-25-35-75-57(49)67)82-43-41-79-42-44-83-52-47-55(65)73-33-22-14-6-5-13-21-31-71-53(63)45-50(81-40-30-62(3)4)58(68)76-36-26-19-11-12-20-28-38-78-60(52)70/h49-52H,5-48H2,1-4H3. The highest BCUT2D eigenvalue weighted by Gasteiger charge is 2.29. The molecule has 2 aliphatic rings. The maximum absolute atomic E-state index is 13.4. The van der Waals surface area contributed by atoms with Crippen molar-refractivity contribution in [1.82, 2.24) is 9.80 Å². The number of nitrogens with zero attached hydrogens (tertiary/aromatic N) is 2. The van der Waals surface area contributed by atoms with Gasteiger partial charge in [-0.15, -0.1) is 47.0 Å². The monoisotopic (exact) mass is 1270 g/mol. The lowest BCUT2D eigenvalue weighted by atomic mass is 10.1. The molecule has 4 atom stereocenters. The Bertz CT molecular complexity index is 1770. The van der Waals surface area contributed by atoms with Gasteiger partial charge in [0, 0.05) is 47.6 Å². The van der Waals surface area contributed by atoms with E-state index in [-0.39, 0.29) is 76.0 Å². The summed E-state index contributed by atoms with van der Waals surface area (Å²) in [5, 5.41) is -2.61. The number of cyclic esters (lactones) is 8. The van der Waals surface area contributed by atoms with Crippen LogP contribution in [0.3, 0.4) is 0 Å². The molecule has 4 unspecified atom stereocenters. The maximum Gasteiger partial charge on any atom is 0.319 e. The number of carbonyl (C=O) groups excluding carboxylic acids is 8. The van der Waals surface area contributed by atoms with E-state index in [0.717, 1.165) is 135 Å². The van der Waals surface area contributed by atoms with Gasteiger partial charge in [-0.1, -0.05) is 103 Å². The summed E-state index contributed by atoms with van der Waals surface area (Å²) in [6.45, 7) is 3.78. The highest BCUT2D eigenvalue weighted by Crippen LogP contribution is 2.25. The topological polar surface area (TPSA) is 217 Å². The molecule has 2 saturated heterocycles. The molecule has 2 fully saturated rings. The molecule has 0 aromatic heterocycles. The van der Waals surface area contributed by atoms with Gasteiger partial charge in [-0.3, -0.25) is 38.4 Å². The number of thioether (sulfide) groups is 5. The molecule has 0 saturated carbocycles. The van der Waals surface area contributed by atoms with E-state index in [0.29, 0.717) is 93.0 Å². The molecule has 0 amide bonds. The minimum atomic E-state index is -0.707. The quantitative estimate of drug-likeness (QED) is 0.0797. The molecule has 18 nitrogen and oxygen atoms in total. The third kappa shape index (κ3) is 44.5. The first-order chi connectivity index (χ1) is 40.2. The average molecular weight is 1270 g/mol. The highest BCUT2D eigenvalue weighted by atomic mass is 32.2. The van der Waals surface area contributed by atoms with E-state index in [2.05, 4.69) is 0 Å². The first-order valence-electron chi connectivity index (χ1n) is 30.9. The van der Waals surface area contributed by atoms with Gasteiger partial charge in [-0.25, -0.2) is 0 Å². The predicted molar refractivity (Wildman–Crippen MR) is 336 cm³/mol. The third-order valence-electron chi connectivity index (χ3n) is 13.5. The van der Waals surface area contributed by atoms with Crippen LogP contribution < -0.4 is 0 Å². The second-order valence-electron chi connectivity index (χ2n) is 21.5. The number of carbonyl (C=O) groups is 8. The summed E-state index contributed by atoms with van der Waals surface area (Å²) >= 11 is 7.29. The lowest BCUT2D eigenvalue weighted by Crippen LogP contribution is -2.27. The van der Waals surface area contributed by atoms with Gasteiger partial charge in [0.05, 0.1) is 78.5 Å². The van der Waals surface area contributed by atoms with Crippen LogP contribution in [0.4, 0.5) is 0 Å². The normalized spacial score (nSPS) is 23.5. The van der Waals surface area contributed by atoms with Crippen molar-refractivity contribution in [3.8, 4) is 0 Å². The maximum atomic E-state index is 13.4. The van der Waals surface area contributed by atoms with E-state index in [9.17, 15) is 38.4 Å². The molecule has 0 aliphatic carbocycles. The minimum Gasteiger partial charge on any atom is -0.466 e. The van der Waals surface area contributed by atoms with E-state index < -0.39 is 44.9 Å². The average Bonchev–Trinajstić information content (AvgIpc) is 3.48. The Morgan fingerprint density at radius 1 is 0.277 bits per heavy atom. The van der Waals surface area contributed by atoms with Crippen LogP contribution in [0.15, 0.2) is 0 Å². The fraction of sp³-hybridized carbons (Fsp3) is 0.867. The summed E-state index contributed by atoms with van der Waals surface area (Å²) in [7, 11) is 7.87. The summed E-state index contributed by atoms with van der Waals surface area (Å²) in [4.78, 5) is 108. The molecular weight excluding hydrogens is 1160 g/mol. The van der Waals surface area contributed by atoms with Gasteiger partial charge in [0.15, 0.2) is 0 Å². The fourth-order valence-corrected chi connectivity index (χ4v) is 14.3. The smallest absolute Gasteiger partial charge is 0.319 e. The molecular formula is C60H104N2O16S5. The number of hydrogen-bond acceptors (Lipinski definition) is 23. The number of hydrogen-bond donors (Lipinski definition) is 0. The number of rotatable bonds is 16. The van der Waals surface area contributed by atoms with Crippen molar-refractivity contribution < 1.29 is 76.3 Å². The third-order valence-corrected chi connectivity index (χ3v) is 19.7. The van der Waals surface area contributed by atoms with E-state index >= 15 is 0 Å². The summed E-state index contributed by atoms with van der Waals surface area (Å²) in [6.07, 6.45) is 19.9. The molecule has 2 rings (SSSR count). The first-order valence-corrected chi connectivity index (χ1v) is 36.2. The Balaban J connectivity index is 1.87. The second-order valence-corrected chi connectivity index (χ2v) is 28.0. The minimum absolute atomic E-state index is 0.0104. The summed E-state index contributed by atoms with van der Waals surface area (Å²) in [6, 6.07) is 0. The Morgan fingerprint density at radius 3 is 0.687 bits per heavy atom. The van der Waals surface area contributed by atoms with Crippen LogP contribution in [-0.4, -0.2) is 207 Å². The molecule has 0 spiro atoms. The van der Waals surface area contributed by atoms with Crippen molar-refractivity contribution in [1.29, 1.82) is 0 Å². The van der Waals surface area contributed by atoms with Crippen LogP contribution in [0.1, 0.15) is 180 Å². The van der Waals surface area contributed by atoms with Gasteiger partial charge >= 0.3 is 47.8 Å². The first kappa shape index (κ1) is 76.5. The fourth-order valence-electron chi connectivity index (χ4n) is 8.49. The molecule has 0 radical (unpaired) electrons. The molecule has 23 heteroatoms. The molecule has 0 aromatic carbocycles. The van der Waals surface area contributed by atoms with Crippen molar-refractivity contribution >= 4 is 107 Å². The highest BCUT2D eigenvalue weighted by molar-refractivity contribution is 8.05. The molecule has 2 aliphatic heterocycles. The Labute approximate surface area is 519 Å². The lowest BCUT2D eigenvalue weighted by Gasteiger charge is -2.17. The largest absolute Gasteiger partial charge is 0.466 e. The molecule has 2 heterocycles. The van der Waals surface area contributed by atoms with Gasteiger partial charge in [0.1, 0.15) is 21.0 Å². The van der Waals surface area contributed by atoms with Crippen molar-refractivity contribution in [2.75, 3.05) is 129 Å². The van der Waals surface area contributed by atoms with Gasteiger partial charge < -0.3 is 47.7 Å². The van der Waals surface area contributed by atoms with Crippen molar-refractivity contribution in [3.05, 3.63) is 0 Å². The molecule has 83 heavy (non-hydrogen) atoms. The van der Waals surface area contributed by atoms with Crippen LogP contribution in [-0.2, 0) is 76.3 Å². The van der Waals surface area contributed by atoms with E-state index in [1.165, 1.54) is 47.0 Å². The molecule has 480 valence electrons. The number of ether oxygens (including phenoxy) is 8. The molecule has 0 aromatic rings. The molecule has 0 bridgehead atoms. The van der Waals surface area contributed by atoms with E-state index in [1.807, 2.05) is 38.0 Å². The molecule has 0 N–H and O–H groups in total. The Kier molecular flexibility index (Phi) is 48.4. The SMILES string of the molecule is CN(C)CCSC1CC(=O)OCCCCCCCCOC(=O)C(SCCSCCSC2CC(=O)OCCCCCCCCOC(=O)CC(SCCN(C)C)C(=O)OCCCCCCCCOC2=O)CC(=O)OCCCCCCCCOC1=O. The summed E-state index contributed by atoms with van der Waals surface area (Å²) in [5.74, 6) is 0.709.